The molecule has 0 aromatic carbocycles. The Morgan fingerprint density at radius 3 is 2.53 bits per heavy atom. The highest BCUT2D eigenvalue weighted by Crippen LogP contribution is 2.17. The van der Waals surface area contributed by atoms with Crippen LogP contribution in [-0.4, -0.2) is 30.1 Å². The van der Waals surface area contributed by atoms with E-state index in [1.807, 2.05) is 0 Å². The summed E-state index contributed by atoms with van der Waals surface area (Å²) >= 11 is 0. The Kier molecular flexibility index (Phi) is 4.92. The predicted octanol–water partition coefficient (Wildman–Crippen LogP) is 2.43. The lowest BCUT2D eigenvalue weighted by Gasteiger charge is -2.25. The molecule has 1 radical (unpaired) electrons. The topological polar surface area (TPSA) is 32.3 Å². The van der Waals surface area contributed by atoms with Crippen molar-refractivity contribution in [3.05, 3.63) is 6.92 Å². The SMILES string of the molecule is [CH2]CN(CC(C)C)C(=O)NC1CCCC1. The Morgan fingerprint density at radius 2 is 2.07 bits per heavy atom. The standard InChI is InChI=1S/C12H23N2O/c1-4-14(9-10(2)3)12(15)13-11-7-5-6-8-11/h10-11H,1,4-9H2,2-3H3,(H,13,15). The summed E-state index contributed by atoms with van der Waals surface area (Å²) in [5.74, 6) is 0.501. The maximum Gasteiger partial charge on any atom is 0.317 e. The Morgan fingerprint density at radius 1 is 1.47 bits per heavy atom. The van der Waals surface area contributed by atoms with E-state index < -0.39 is 0 Å². The number of nitrogens with one attached hydrogen (secondary N) is 1. The number of carbonyl (C=O) groups is 1. The van der Waals surface area contributed by atoms with Gasteiger partial charge in [-0.2, -0.15) is 0 Å². The fourth-order valence-corrected chi connectivity index (χ4v) is 2.05. The minimum atomic E-state index is 0.0607. The largest absolute Gasteiger partial charge is 0.335 e. The third kappa shape index (κ3) is 4.10. The van der Waals surface area contributed by atoms with E-state index in [1.165, 1.54) is 12.8 Å². The van der Waals surface area contributed by atoms with Crippen molar-refractivity contribution in [1.82, 2.24) is 10.2 Å². The predicted molar refractivity (Wildman–Crippen MR) is 62.6 cm³/mol. The summed E-state index contributed by atoms with van der Waals surface area (Å²) in [7, 11) is 0. The molecule has 0 heterocycles. The van der Waals surface area contributed by atoms with Crippen molar-refractivity contribution >= 4 is 6.03 Å². The zero-order valence-corrected chi connectivity index (χ0v) is 9.96. The Hall–Kier alpha value is -0.730. The average molecular weight is 211 g/mol. The Bertz CT molecular complexity index is 198. The van der Waals surface area contributed by atoms with Gasteiger partial charge in [-0.3, -0.25) is 0 Å². The van der Waals surface area contributed by atoms with Gasteiger partial charge in [0.2, 0.25) is 0 Å². The number of amides is 2. The van der Waals surface area contributed by atoms with E-state index in [-0.39, 0.29) is 6.03 Å². The Balaban J connectivity index is 2.34. The molecule has 3 heteroatoms. The van der Waals surface area contributed by atoms with E-state index in [1.54, 1.807) is 4.90 Å². The zero-order chi connectivity index (χ0) is 11.3. The van der Waals surface area contributed by atoms with Crippen molar-refractivity contribution in [3.63, 3.8) is 0 Å². The molecule has 1 rings (SSSR count). The number of carbonyl (C=O) groups excluding carboxylic acids is 1. The second kappa shape index (κ2) is 5.99. The molecule has 1 aliphatic rings. The van der Waals surface area contributed by atoms with Crippen molar-refractivity contribution in [2.24, 2.45) is 5.92 Å². The number of rotatable bonds is 4. The van der Waals surface area contributed by atoms with Gasteiger partial charge < -0.3 is 10.2 Å². The normalized spacial score (nSPS) is 17.1. The molecule has 0 aliphatic heterocycles. The van der Waals surface area contributed by atoms with Gasteiger partial charge in [0.15, 0.2) is 0 Å². The van der Waals surface area contributed by atoms with E-state index >= 15 is 0 Å². The van der Waals surface area contributed by atoms with Gasteiger partial charge in [0.25, 0.3) is 0 Å². The van der Waals surface area contributed by atoms with Crippen LogP contribution in [0.1, 0.15) is 39.5 Å². The van der Waals surface area contributed by atoms with Gasteiger partial charge in [0.1, 0.15) is 0 Å². The first-order chi connectivity index (χ1) is 7.13. The van der Waals surface area contributed by atoms with Gasteiger partial charge in [-0.05, 0) is 25.7 Å². The molecule has 15 heavy (non-hydrogen) atoms. The molecule has 1 aliphatic carbocycles. The highest BCUT2D eigenvalue weighted by Gasteiger charge is 2.20. The first-order valence-corrected chi connectivity index (χ1v) is 5.98. The van der Waals surface area contributed by atoms with Crippen LogP contribution in [0.15, 0.2) is 0 Å². The van der Waals surface area contributed by atoms with Gasteiger partial charge in [0.05, 0.1) is 0 Å². The fourth-order valence-electron chi connectivity index (χ4n) is 2.05. The van der Waals surface area contributed by atoms with Crippen LogP contribution < -0.4 is 5.32 Å². The molecule has 1 fully saturated rings. The minimum Gasteiger partial charge on any atom is -0.335 e. The van der Waals surface area contributed by atoms with Crippen molar-refractivity contribution in [1.29, 1.82) is 0 Å². The first kappa shape index (κ1) is 12.3. The number of hydrogen-bond donors (Lipinski definition) is 1. The summed E-state index contributed by atoms with van der Waals surface area (Å²) < 4.78 is 0. The first-order valence-electron chi connectivity index (χ1n) is 5.98. The van der Waals surface area contributed by atoms with Crippen molar-refractivity contribution in [3.8, 4) is 0 Å². The summed E-state index contributed by atoms with van der Waals surface area (Å²) in [4.78, 5) is 13.6. The van der Waals surface area contributed by atoms with E-state index in [0.717, 1.165) is 19.4 Å². The van der Waals surface area contributed by atoms with Crippen LogP contribution in [-0.2, 0) is 0 Å². The van der Waals surface area contributed by atoms with Crippen LogP contribution in [0.2, 0.25) is 0 Å². The summed E-state index contributed by atoms with van der Waals surface area (Å²) in [5.41, 5.74) is 0. The molecule has 1 N–H and O–H groups in total. The molecule has 2 amide bonds. The third-order valence-corrected chi connectivity index (χ3v) is 2.83. The number of nitrogens with zero attached hydrogens (tertiary/aromatic N) is 1. The smallest absolute Gasteiger partial charge is 0.317 e. The summed E-state index contributed by atoms with van der Waals surface area (Å²) in [6.07, 6.45) is 4.77. The second-order valence-electron chi connectivity index (χ2n) is 4.77. The second-order valence-corrected chi connectivity index (χ2v) is 4.77. The van der Waals surface area contributed by atoms with Gasteiger partial charge in [-0.15, -0.1) is 0 Å². The van der Waals surface area contributed by atoms with Crippen molar-refractivity contribution in [2.45, 2.75) is 45.6 Å². The van der Waals surface area contributed by atoms with E-state index in [9.17, 15) is 4.79 Å². The van der Waals surface area contributed by atoms with Crippen LogP contribution in [0.25, 0.3) is 0 Å². The van der Waals surface area contributed by atoms with Crippen molar-refractivity contribution < 1.29 is 4.79 Å². The van der Waals surface area contributed by atoms with Gasteiger partial charge in [-0.25, -0.2) is 4.79 Å². The third-order valence-electron chi connectivity index (χ3n) is 2.83. The van der Waals surface area contributed by atoms with Crippen molar-refractivity contribution in [2.75, 3.05) is 13.1 Å². The molecular formula is C12H23N2O. The maximum atomic E-state index is 11.8. The molecule has 0 unspecified atom stereocenters. The summed E-state index contributed by atoms with van der Waals surface area (Å²) in [5, 5.41) is 3.08. The molecule has 0 aromatic rings. The number of urea groups is 1. The monoisotopic (exact) mass is 211 g/mol. The molecule has 0 atom stereocenters. The molecule has 0 spiro atoms. The van der Waals surface area contributed by atoms with Crippen LogP contribution in [0, 0.1) is 12.8 Å². The van der Waals surface area contributed by atoms with E-state index in [2.05, 4.69) is 26.1 Å². The zero-order valence-electron chi connectivity index (χ0n) is 9.96. The summed E-state index contributed by atoms with van der Waals surface area (Å²) in [6, 6.07) is 0.462. The lowest BCUT2D eigenvalue weighted by atomic mass is 10.2. The minimum absolute atomic E-state index is 0.0607. The quantitative estimate of drug-likeness (QED) is 0.761. The lowest BCUT2D eigenvalue weighted by Crippen LogP contribution is -2.45. The van der Waals surface area contributed by atoms with E-state index in [0.29, 0.717) is 18.5 Å². The Labute approximate surface area is 93.2 Å². The highest BCUT2D eigenvalue weighted by atomic mass is 16.2. The van der Waals surface area contributed by atoms with Gasteiger partial charge in [0, 0.05) is 19.1 Å². The molecular weight excluding hydrogens is 188 g/mol. The van der Waals surface area contributed by atoms with Crippen LogP contribution in [0.3, 0.4) is 0 Å². The van der Waals surface area contributed by atoms with E-state index in [4.69, 9.17) is 0 Å². The van der Waals surface area contributed by atoms with Gasteiger partial charge >= 0.3 is 6.03 Å². The lowest BCUT2D eigenvalue weighted by molar-refractivity contribution is 0.193. The highest BCUT2D eigenvalue weighted by molar-refractivity contribution is 5.74. The van der Waals surface area contributed by atoms with Gasteiger partial charge in [-0.1, -0.05) is 26.7 Å². The average Bonchev–Trinajstić information content (AvgIpc) is 2.66. The number of hydrogen-bond acceptors (Lipinski definition) is 1. The molecule has 0 aromatic heterocycles. The molecule has 3 nitrogen and oxygen atoms in total. The molecule has 87 valence electrons. The fraction of sp³-hybridized carbons (Fsp3) is 0.833. The molecule has 1 saturated carbocycles. The van der Waals surface area contributed by atoms with Crippen LogP contribution in [0.4, 0.5) is 4.79 Å². The maximum absolute atomic E-state index is 11.8. The van der Waals surface area contributed by atoms with Crippen LogP contribution in [0.5, 0.6) is 0 Å². The summed E-state index contributed by atoms with van der Waals surface area (Å²) in [6.45, 7) is 9.38. The molecule has 0 bridgehead atoms. The molecule has 0 saturated heterocycles. The van der Waals surface area contributed by atoms with Crippen LogP contribution >= 0.6 is 0 Å².